The van der Waals surface area contributed by atoms with E-state index in [-0.39, 0.29) is 0 Å². The Kier molecular flexibility index (Phi) is 4.16. The van der Waals surface area contributed by atoms with Gasteiger partial charge in [-0.15, -0.1) is 11.3 Å². The molecule has 2 rings (SSSR count). The molecule has 2 heteroatoms. The molecular formula is C15H21NS. The van der Waals surface area contributed by atoms with Crippen molar-refractivity contribution in [1.29, 1.82) is 0 Å². The highest BCUT2D eigenvalue weighted by Crippen LogP contribution is 2.28. The van der Waals surface area contributed by atoms with Crippen LogP contribution < -0.4 is 0 Å². The van der Waals surface area contributed by atoms with Crippen LogP contribution in [0.1, 0.15) is 56.0 Å². The molecule has 0 fully saturated rings. The van der Waals surface area contributed by atoms with Gasteiger partial charge in [-0.2, -0.15) is 0 Å². The molecule has 1 atom stereocenters. The number of benzene rings is 1. The fourth-order valence-corrected chi connectivity index (χ4v) is 3.11. The molecule has 0 radical (unpaired) electrons. The highest BCUT2D eigenvalue weighted by Gasteiger charge is 2.07. The van der Waals surface area contributed by atoms with Crippen LogP contribution in [0.3, 0.4) is 0 Å². The second kappa shape index (κ2) is 5.63. The highest BCUT2D eigenvalue weighted by atomic mass is 32.1. The van der Waals surface area contributed by atoms with Crippen LogP contribution in [0.4, 0.5) is 0 Å². The zero-order chi connectivity index (χ0) is 12.3. The molecular weight excluding hydrogens is 226 g/mol. The maximum atomic E-state index is 4.51. The lowest BCUT2D eigenvalue weighted by Crippen LogP contribution is -1.93. The zero-order valence-electron chi connectivity index (χ0n) is 11.0. The second-order valence-electron chi connectivity index (χ2n) is 4.86. The Bertz CT molecular complexity index is 487. The number of rotatable bonds is 5. The van der Waals surface area contributed by atoms with Crippen LogP contribution in [0, 0.1) is 6.92 Å². The molecule has 0 aliphatic rings. The summed E-state index contributed by atoms with van der Waals surface area (Å²) >= 11 is 1.80. The zero-order valence-corrected chi connectivity index (χ0v) is 11.8. The van der Waals surface area contributed by atoms with Gasteiger partial charge in [0.25, 0.3) is 0 Å². The first-order valence-electron chi connectivity index (χ1n) is 6.57. The van der Waals surface area contributed by atoms with E-state index in [1.54, 1.807) is 11.3 Å². The third kappa shape index (κ3) is 3.06. The van der Waals surface area contributed by atoms with Crippen LogP contribution in [0.25, 0.3) is 10.2 Å². The van der Waals surface area contributed by atoms with Crippen LogP contribution in [0.2, 0.25) is 0 Å². The summed E-state index contributed by atoms with van der Waals surface area (Å²) < 4.78 is 1.34. The van der Waals surface area contributed by atoms with Crippen molar-refractivity contribution in [3.05, 3.63) is 28.8 Å². The first-order chi connectivity index (χ1) is 8.20. The predicted molar refractivity (Wildman–Crippen MR) is 76.9 cm³/mol. The average molecular weight is 247 g/mol. The number of unbranched alkanes of at least 4 members (excludes halogenated alkanes) is 2. The average Bonchev–Trinajstić information content (AvgIpc) is 2.68. The quantitative estimate of drug-likeness (QED) is 0.654. The summed E-state index contributed by atoms with van der Waals surface area (Å²) in [6.45, 7) is 6.68. The molecule has 17 heavy (non-hydrogen) atoms. The van der Waals surface area contributed by atoms with Gasteiger partial charge < -0.3 is 0 Å². The molecule has 92 valence electrons. The number of nitrogens with zero attached hydrogens (tertiary/aromatic N) is 1. The molecule has 2 aromatic rings. The normalized spacial score (nSPS) is 13.1. The van der Waals surface area contributed by atoms with Crippen molar-refractivity contribution >= 4 is 21.6 Å². The Morgan fingerprint density at radius 3 is 2.88 bits per heavy atom. The van der Waals surface area contributed by atoms with E-state index in [4.69, 9.17) is 0 Å². The number of hydrogen-bond donors (Lipinski definition) is 0. The van der Waals surface area contributed by atoms with Gasteiger partial charge in [-0.05, 0) is 37.0 Å². The van der Waals surface area contributed by atoms with E-state index in [0.29, 0.717) is 5.92 Å². The van der Waals surface area contributed by atoms with Crippen LogP contribution in [-0.2, 0) is 0 Å². The van der Waals surface area contributed by atoms with Gasteiger partial charge >= 0.3 is 0 Å². The highest BCUT2D eigenvalue weighted by molar-refractivity contribution is 7.18. The Balaban J connectivity index is 2.12. The Morgan fingerprint density at radius 2 is 2.12 bits per heavy atom. The van der Waals surface area contributed by atoms with E-state index in [1.165, 1.54) is 35.9 Å². The molecule has 0 spiro atoms. The predicted octanol–water partition coefficient (Wildman–Crippen LogP) is 5.29. The molecule has 0 bridgehead atoms. The van der Waals surface area contributed by atoms with Gasteiger partial charge in [0.15, 0.2) is 0 Å². The van der Waals surface area contributed by atoms with Crippen molar-refractivity contribution < 1.29 is 0 Å². The van der Waals surface area contributed by atoms with Gasteiger partial charge in [-0.25, -0.2) is 4.98 Å². The molecule has 0 saturated carbocycles. The summed E-state index contributed by atoms with van der Waals surface area (Å²) in [6, 6.07) is 6.75. The molecule has 0 unspecified atom stereocenters. The van der Waals surface area contributed by atoms with E-state index >= 15 is 0 Å². The van der Waals surface area contributed by atoms with Crippen LogP contribution in [-0.4, -0.2) is 4.98 Å². The molecule has 1 nitrogen and oxygen atoms in total. The number of aryl methyl sites for hydroxylation is 1. The lowest BCUT2D eigenvalue weighted by Gasteiger charge is -2.11. The summed E-state index contributed by atoms with van der Waals surface area (Å²) in [4.78, 5) is 4.51. The molecule has 1 aromatic carbocycles. The van der Waals surface area contributed by atoms with Crippen molar-refractivity contribution in [3.63, 3.8) is 0 Å². The SMILES string of the molecule is CCCCC[C@@H](C)c1ccc2nc(C)sc2c1. The summed E-state index contributed by atoms with van der Waals surface area (Å²) in [5.41, 5.74) is 2.62. The number of fused-ring (bicyclic) bond motifs is 1. The van der Waals surface area contributed by atoms with Crippen LogP contribution in [0.5, 0.6) is 0 Å². The molecule has 0 saturated heterocycles. The fraction of sp³-hybridized carbons (Fsp3) is 0.533. The molecule has 0 aliphatic carbocycles. The third-order valence-corrected chi connectivity index (χ3v) is 4.26. The first-order valence-corrected chi connectivity index (χ1v) is 7.39. The molecule has 0 aliphatic heterocycles. The molecule has 1 aromatic heterocycles. The molecule has 0 N–H and O–H groups in total. The maximum Gasteiger partial charge on any atom is 0.0907 e. The minimum Gasteiger partial charge on any atom is -0.242 e. The second-order valence-corrected chi connectivity index (χ2v) is 6.09. The summed E-state index contributed by atoms with van der Waals surface area (Å²) in [7, 11) is 0. The summed E-state index contributed by atoms with van der Waals surface area (Å²) in [5.74, 6) is 0.674. The smallest absolute Gasteiger partial charge is 0.0907 e. The largest absolute Gasteiger partial charge is 0.242 e. The van der Waals surface area contributed by atoms with Gasteiger partial charge in [0.05, 0.1) is 15.2 Å². The van der Waals surface area contributed by atoms with Crippen molar-refractivity contribution in [2.24, 2.45) is 0 Å². The molecule has 0 amide bonds. The number of aromatic nitrogens is 1. The minimum atomic E-state index is 0.674. The van der Waals surface area contributed by atoms with Gasteiger partial charge in [0, 0.05) is 0 Å². The Hall–Kier alpha value is -0.890. The van der Waals surface area contributed by atoms with Gasteiger partial charge in [-0.1, -0.05) is 39.2 Å². The van der Waals surface area contributed by atoms with Gasteiger partial charge in [-0.3, -0.25) is 0 Å². The summed E-state index contributed by atoms with van der Waals surface area (Å²) in [5, 5.41) is 1.16. The first kappa shape index (κ1) is 12.6. The maximum absolute atomic E-state index is 4.51. The Labute approximate surface area is 108 Å². The molecule has 1 heterocycles. The number of hydrogen-bond acceptors (Lipinski definition) is 2. The Morgan fingerprint density at radius 1 is 1.29 bits per heavy atom. The van der Waals surface area contributed by atoms with Crippen molar-refractivity contribution in [2.45, 2.75) is 52.4 Å². The third-order valence-electron chi connectivity index (χ3n) is 3.33. The van der Waals surface area contributed by atoms with Gasteiger partial charge in [0.1, 0.15) is 0 Å². The standard InChI is InChI=1S/C15H21NS/c1-4-5-6-7-11(2)13-8-9-14-15(10-13)17-12(3)16-14/h8-11H,4-7H2,1-3H3/t11-/m1/s1. The monoisotopic (exact) mass is 247 g/mol. The van der Waals surface area contributed by atoms with Gasteiger partial charge in [0.2, 0.25) is 0 Å². The summed E-state index contributed by atoms with van der Waals surface area (Å²) in [6.07, 6.45) is 5.31. The van der Waals surface area contributed by atoms with E-state index in [0.717, 1.165) is 10.5 Å². The van der Waals surface area contributed by atoms with Crippen molar-refractivity contribution in [2.75, 3.05) is 0 Å². The van der Waals surface area contributed by atoms with E-state index in [1.807, 2.05) is 0 Å². The van der Waals surface area contributed by atoms with Crippen LogP contribution in [0.15, 0.2) is 18.2 Å². The van der Waals surface area contributed by atoms with E-state index < -0.39 is 0 Å². The number of thiazole rings is 1. The van der Waals surface area contributed by atoms with E-state index in [9.17, 15) is 0 Å². The lowest BCUT2D eigenvalue weighted by atomic mass is 9.95. The minimum absolute atomic E-state index is 0.674. The van der Waals surface area contributed by atoms with Crippen molar-refractivity contribution in [1.82, 2.24) is 4.98 Å². The fourth-order valence-electron chi connectivity index (χ4n) is 2.23. The lowest BCUT2D eigenvalue weighted by molar-refractivity contribution is 0.598. The topological polar surface area (TPSA) is 12.9 Å². The van der Waals surface area contributed by atoms with Crippen molar-refractivity contribution in [3.8, 4) is 0 Å². The van der Waals surface area contributed by atoms with Crippen LogP contribution >= 0.6 is 11.3 Å². The van der Waals surface area contributed by atoms with E-state index in [2.05, 4.69) is 44.0 Å².